The van der Waals surface area contributed by atoms with Crippen LogP contribution in [0.1, 0.15) is 42.5 Å². The van der Waals surface area contributed by atoms with Crippen LogP contribution in [-0.4, -0.2) is 16.6 Å². The fourth-order valence-corrected chi connectivity index (χ4v) is 2.86. The largest absolute Gasteiger partial charge is 0.448 e. The van der Waals surface area contributed by atoms with E-state index in [9.17, 15) is 0 Å². The fourth-order valence-electron chi connectivity index (χ4n) is 2.69. The molecule has 3 rings (SSSR count). The van der Waals surface area contributed by atoms with Crippen LogP contribution in [-0.2, 0) is 6.54 Å². The van der Waals surface area contributed by atoms with Crippen molar-refractivity contribution in [3.63, 3.8) is 0 Å². The average molecular weight is 281 g/mol. The van der Waals surface area contributed by atoms with Crippen molar-refractivity contribution in [2.45, 2.75) is 38.8 Å². The predicted molar refractivity (Wildman–Crippen MR) is 72.0 cm³/mol. The van der Waals surface area contributed by atoms with Gasteiger partial charge in [0, 0.05) is 6.07 Å². The van der Waals surface area contributed by atoms with Crippen molar-refractivity contribution in [3.8, 4) is 0 Å². The van der Waals surface area contributed by atoms with Gasteiger partial charge in [-0.15, -0.1) is 0 Å². The molecular formula is C14H17ClN2O2. The molecule has 1 atom stereocenters. The van der Waals surface area contributed by atoms with Crippen LogP contribution in [0.2, 0.25) is 5.22 Å². The van der Waals surface area contributed by atoms with E-state index in [0.717, 1.165) is 36.7 Å². The van der Waals surface area contributed by atoms with Crippen LogP contribution in [0.25, 0.3) is 0 Å². The topological polar surface area (TPSA) is 42.4 Å². The molecule has 0 aromatic carbocycles. The summed E-state index contributed by atoms with van der Waals surface area (Å²) in [5, 5.41) is 4.61. The summed E-state index contributed by atoms with van der Waals surface area (Å²) in [4.78, 5) is 2.38. The van der Waals surface area contributed by atoms with Gasteiger partial charge in [-0.3, -0.25) is 4.90 Å². The summed E-state index contributed by atoms with van der Waals surface area (Å²) in [5.41, 5.74) is 1.02. The molecule has 4 nitrogen and oxygen atoms in total. The molecule has 1 saturated heterocycles. The Labute approximate surface area is 117 Å². The van der Waals surface area contributed by atoms with E-state index in [1.165, 1.54) is 12.8 Å². The first kappa shape index (κ1) is 12.8. The second kappa shape index (κ2) is 5.39. The van der Waals surface area contributed by atoms with Gasteiger partial charge < -0.3 is 8.94 Å². The van der Waals surface area contributed by atoms with E-state index < -0.39 is 0 Å². The van der Waals surface area contributed by atoms with Crippen LogP contribution in [0, 0.1) is 6.92 Å². The van der Waals surface area contributed by atoms with Gasteiger partial charge in [0.15, 0.2) is 5.22 Å². The highest BCUT2D eigenvalue weighted by atomic mass is 35.5. The first-order valence-corrected chi connectivity index (χ1v) is 7.01. The van der Waals surface area contributed by atoms with Gasteiger partial charge in [-0.05, 0) is 50.0 Å². The maximum atomic E-state index is 5.82. The minimum Gasteiger partial charge on any atom is -0.448 e. The molecule has 1 fully saturated rings. The van der Waals surface area contributed by atoms with Crippen LogP contribution in [0.15, 0.2) is 27.1 Å². The molecule has 2 aromatic heterocycles. The predicted octanol–water partition coefficient (Wildman–Crippen LogP) is 3.96. The Morgan fingerprint density at radius 3 is 3.00 bits per heavy atom. The molecule has 0 bridgehead atoms. The molecule has 0 amide bonds. The number of aryl methyl sites for hydroxylation is 1. The molecule has 0 N–H and O–H groups in total. The number of nitrogens with zero attached hydrogens (tertiary/aromatic N) is 2. The maximum absolute atomic E-state index is 5.82. The standard InChI is InChI=1S/C14H17ClN2O2/c1-10-8-12(16-19-10)13-4-2-3-7-17(13)9-11-5-6-14(15)18-11/h5-6,8,13H,2-4,7,9H2,1H3. The fraction of sp³-hybridized carbons (Fsp3) is 0.500. The molecule has 1 aliphatic rings. The molecule has 0 spiro atoms. The quantitative estimate of drug-likeness (QED) is 0.853. The van der Waals surface area contributed by atoms with Gasteiger partial charge in [0.2, 0.25) is 0 Å². The number of aromatic nitrogens is 1. The van der Waals surface area contributed by atoms with E-state index in [0.29, 0.717) is 11.3 Å². The molecular weight excluding hydrogens is 264 g/mol. The van der Waals surface area contributed by atoms with E-state index in [4.69, 9.17) is 20.5 Å². The van der Waals surface area contributed by atoms with Crippen LogP contribution >= 0.6 is 11.6 Å². The first-order chi connectivity index (χ1) is 9.22. The molecule has 0 aliphatic carbocycles. The summed E-state index contributed by atoms with van der Waals surface area (Å²) in [6.45, 7) is 3.74. The molecule has 0 radical (unpaired) electrons. The third kappa shape index (κ3) is 2.85. The Bertz CT molecular complexity index is 549. The molecule has 1 aliphatic heterocycles. The lowest BCUT2D eigenvalue weighted by Gasteiger charge is -2.33. The minimum atomic E-state index is 0.315. The van der Waals surface area contributed by atoms with Crippen LogP contribution in [0.4, 0.5) is 0 Å². The second-order valence-corrected chi connectivity index (χ2v) is 5.42. The highest BCUT2D eigenvalue weighted by Gasteiger charge is 2.27. The first-order valence-electron chi connectivity index (χ1n) is 6.64. The normalized spacial score (nSPS) is 20.8. The van der Waals surface area contributed by atoms with E-state index >= 15 is 0 Å². The Balaban J connectivity index is 1.77. The van der Waals surface area contributed by atoms with Gasteiger partial charge >= 0.3 is 0 Å². The Hall–Kier alpha value is -1.26. The van der Waals surface area contributed by atoms with Crippen molar-refractivity contribution in [3.05, 3.63) is 40.6 Å². The molecule has 0 saturated carbocycles. The van der Waals surface area contributed by atoms with E-state index in [2.05, 4.69) is 10.1 Å². The molecule has 5 heteroatoms. The molecule has 3 heterocycles. The zero-order valence-corrected chi connectivity index (χ0v) is 11.7. The molecule has 19 heavy (non-hydrogen) atoms. The van der Waals surface area contributed by atoms with Crippen LogP contribution in [0.5, 0.6) is 0 Å². The molecule has 1 unspecified atom stereocenters. The summed E-state index contributed by atoms with van der Waals surface area (Å²) in [5.74, 6) is 1.76. The van der Waals surface area contributed by atoms with Gasteiger partial charge in [-0.2, -0.15) is 0 Å². The Morgan fingerprint density at radius 2 is 2.32 bits per heavy atom. The zero-order chi connectivity index (χ0) is 13.2. The number of likely N-dealkylation sites (tertiary alicyclic amines) is 1. The monoisotopic (exact) mass is 280 g/mol. The third-order valence-electron chi connectivity index (χ3n) is 3.59. The van der Waals surface area contributed by atoms with Crippen molar-refractivity contribution in [2.24, 2.45) is 0 Å². The lowest BCUT2D eigenvalue weighted by Crippen LogP contribution is -2.33. The van der Waals surface area contributed by atoms with Crippen molar-refractivity contribution >= 4 is 11.6 Å². The lowest BCUT2D eigenvalue weighted by molar-refractivity contribution is 0.124. The highest BCUT2D eigenvalue weighted by Crippen LogP contribution is 2.32. The number of halogens is 1. The summed E-state index contributed by atoms with van der Waals surface area (Å²) < 4.78 is 10.7. The number of hydrogen-bond donors (Lipinski definition) is 0. The second-order valence-electron chi connectivity index (χ2n) is 5.05. The lowest BCUT2D eigenvalue weighted by atomic mass is 9.99. The number of piperidine rings is 1. The summed E-state index contributed by atoms with van der Waals surface area (Å²) in [6, 6.07) is 6.06. The van der Waals surface area contributed by atoms with Crippen molar-refractivity contribution in [2.75, 3.05) is 6.54 Å². The van der Waals surface area contributed by atoms with E-state index in [1.807, 2.05) is 19.1 Å². The smallest absolute Gasteiger partial charge is 0.193 e. The average Bonchev–Trinajstić information content (AvgIpc) is 2.99. The zero-order valence-electron chi connectivity index (χ0n) is 10.9. The van der Waals surface area contributed by atoms with E-state index in [1.54, 1.807) is 6.07 Å². The van der Waals surface area contributed by atoms with Crippen molar-refractivity contribution in [1.29, 1.82) is 0 Å². The number of furan rings is 1. The summed E-state index contributed by atoms with van der Waals surface area (Å²) in [6.07, 6.45) is 3.55. The molecule has 102 valence electrons. The summed E-state index contributed by atoms with van der Waals surface area (Å²) in [7, 11) is 0. The summed E-state index contributed by atoms with van der Waals surface area (Å²) >= 11 is 5.82. The highest BCUT2D eigenvalue weighted by molar-refractivity contribution is 6.28. The Morgan fingerprint density at radius 1 is 1.42 bits per heavy atom. The van der Waals surface area contributed by atoms with E-state index in [-0.39, 0.29) is 0 Å². The van der Waals surface area contributed by atoms with Gasteiger partial charge in [-0.1, -0.05) is 11.6 Å². The third-order valence-corrected chi connectivity index (χ3v) is 3.79. The van der Waals surface area contributed by atoms with Gasteiger partial charge in [0.25, 0.3) is 0 Å². The SMILES string of the molecule is Cc1cc(C2CCCCN2Cc2ccc(Cl)o2)no1. The number of rotatable bonds is 3. The molecule has 2 aromatic rings. The van der Waals surface area contributed by atoms with Crippen molar-refractivity contribution < 1.29 is 8.94 Å². The number of hydrogen-bond acceptors (Lipinski definition) is 4. The van der Waals surface area contributed by atoms with Gasteiger partial charge in [0.05, 0.1) is 12.6 Å². The maximum Gasteiger partial charge on any atom is 0.193 e. The van der Waals surface area contributed by atoms with Crippen LogP contribution < -0.4 is 0 Å². The van der Waals surface area contributed by atoms with Crippen LogP contribution in [0.3, 0.4) is 0 Å². The minimum absolute atomic E-state index is 0.315. The Kier molecular flexibility index (Phi) is 3.62. The van der Waals surface area contributed by atoms with Gasteiger partial charge in [-0.25, -0.2) is 0 Å². The van der Waals surface area contributed by atoms with Crippen molar-refractivity contribution in [1.82, 2.24) is 10.1 Å². The van der Waals surface area contributed by atoms with Gasteiger partial charge in [0.1, 0.15) is 17.2 Å².